The highest BCUT2D eigenvalue weighted by Crippen LogP contribution is 2.18. The molecule has 1 aromatic heterocycles. The van der Waals surface area contributed by atoms with E-state index in [1.165, 1.54) is 5.56 Å². The first-order valence-electron chi connectivity index (χ1n) is 4.60. The average Bonchev–Trinajstić information content (AvgIpc) is 2.49. The molecule has 0 aliphatic heterocycles. The van der Waals surface area contributed by atoms with Crippen LogP contribution in [0.25, 0.3) is 0 Å². The Morgan fingerprint density at radius 1 is 1.33 bits per heavy atom. The van der Waals surface area contributed by atoms with Gasteiger partial charge in [0.15, 0.2) is 0 Å². The van der Waals surface area contributed by atoms with Crippen molar-refractivity contribution >= 4 is 27.5 Å². The number of benzene rings is 1. The number of nitrogens with one attached hydrogen (secondary N) is 1. The number of H-pyrrole nitrogens is 1. The van der Waals surface area contributed by atoms with Gasteiger partial charge in [-0.25, -0.2) is 4.98 Å². The molecule has 78 valence electrons. The summed E-state index contributed by atoms with van der Waals surface area (Å²) in [4.78, 5) is 7.48. The van der Waals surface area contributed by atoms with Crippen molar-refractivity contribution in [1.29, 1.82) is 0 Å². The molecular weight excluding hydrogens is 275 g/mol. The molecule has 0 aliphatic rings. The van der Waals surface area contributed by atoms with Crippen LogP contribution < -0.4 is 0 Å². The first kappa shape index (κ1) is 10.7. The number of nitrogens with zero attached hydrogens (tertiary/aromatic N) is 1. The second kappa shape index (κ2) is 4.37. The van der Waals surface area contributed by atoms with Crippen LogP contribution in [0.5, 0.6) is 0 Å². The molecule has 4 heteroatoms. The van der Waals surface area contributed by atoms with E-state index in [9.17, 15) is 0 Å². The molecule has 15 heavy (non-hydrogen) atoms. The van der Waals surface area contributed by atoms with Gasteiger partial charge < -0.3 is 4.98 Å². The summed E-state index contributed by atoms with van der Waals surface area (Å²) in [5, 5.41) is 0.763. The van der Waals surface area contributed by atoms with Crippen LogP contribution in [-0.4, -0.2) is 9.97 Å². The number of aromatic amines is 1. The fraction of sp³-hybridized carbons (Fsp3) is 0.182. The monoisotopic (exact) mass is 284 g/mol. The van der Waals surface area contributed by atoms with Gasteiger partial charge in [-0.1, -0.05) is 23.7 Å². The lowest BCUT2D eigenvalue weighted by molar-refractivity contribution is 1.07. The number of hydrogen-bond acceptors (Lipinski definition) is 1. The molecule has 2 nitrogen and oxygen atoms in total. The van der Waals surface area contributed by atoms with Crippen LogP contribution in [0, 0.1) is 6.92 Å². The maximum absolute atomic E-state index is 5.82. The Morgan fingerprint density at radius 2 is 2.00 bits per heavy atom. The van der Waals surface area contributed by atoms with Crippen LogP contribution in [0.1, 0.15) is 17.1 Å². The molecule has 0 saturated carbocycles. The van der Waals surface area contributed by atoms with Crippen LogP contribution in [0.3, 0.4) is 0 Å². The standard InChI is InChI=1S/C11H10BrClN2/c1-7-14-10(11(12)15-7)6-8-2-4-9(13)5-3-8/h2-5H,6H2,1H3,(H,14,15). The Morgan fingerprint density at radius 3 is 2.53 bits per heavy atom. The van der Waals surface area contributed by atoms with Gasteiger partial charge in [0, 0.05) is 11.4 Å². The lowest BCUT2D eigenvalue weighted by atomic mass is 10.1. The third kappa shape index (κ3) is 2.61. The maximum Gasteiger partial charge on any atom is 0.127 e. The van der Waals surface area contributed by atoms with E-state index >= 15 is 0 Å². The molecule has 0 amide bonds. The third-order valence-corrected chi connectivity index (χ3v) is 3.05. The second-order valence-corrected chi connectivity index (χ2v) is 4.58. The summed E-state index contributed by atoms with van der Waals surface area (Å²) in [6.07, 6.45) is 0.832. The predicted molar refractivity (Wildman–Crippen MR) is 65.3 cm³/mol. The van der Waals surface area contributed by atoms with Gasteiger partial charge in [0.25, 0.3) is 0 Å². The topological polar surface area (TPSA) is 28.7 Å². The normalized spacial score (nSPS) is 10.6. The smallest absolute Gasteiger partial charge is 0.127 e. The van der Waals surface area contributed by atoms with Gasteiger partial charge in [-0.05, 0) is 40.5 Å². The summed E-state index contributed by atoms with van der Waals surface area (Å²) in [6, 6.07) is 7.83. The number of halogens is 2. The molecule has 0 atom stereocenters. The Hall–Kier alpha value is -0.800. The Balaban J connectivity index is 2.21. The van der Waals surface area contributed by atoms with Gasteiger partial charge in [-0.3, -0.25) is 0 Å². The molecule has 1 aromatic carbocycles. The van der Waals surface area contributed by atoms with Crippen molar-refractivity contribution in [3.8, 4) is 0 Å². The summed E-state index contributed by atoms with van der Waals surface area (Å²) in [5.41, 5.74) is 2.30. The van der Waals surface area contributed by atoms with E-state index in [-0.39, 0.29) is 0 Å². The Labute approximate surface area is 102 Å². The first-order chi connectivity index (χ1) is 7.15. The number of aromatic nitrogens is 2. The van der Waals surface area contributed by atoms with Crippen molar-refractivity contribution in [2.24, 2.45) is 0 Å². The number of rotatable bonds is 2. The van der Waals surface area contributed by atoms with Crippen molar-refractivity contribution in [2.75, 3.05) is 0 Å². The van der Waals surface area contributed by atoms with Crippen molar-refractivity contribution in [3.63, 3.8) is 0 Å². The molecule has 0 fully saturated rings. The average molecular weight is 286 g/mol. The molecule has 0 spiro atoms. The van der Waals surface area contributed by atoms with Crippen LogP contribution in [0.15, 0.2) is 28.9 Å². The van der Waals surface area contributed by atoms with Crippen LogP contribution >= 0.6 is 27.5 Å². The van der Waals surface area contributed by atoms with Gasteiger partial charge in [-0.15, -0.1) is 0 Å². The number of hydrogen-bond donors (Lipinski definition) is 1. The molecule has 1 N–H and O–H groups in total. The zero-order chi connectivity index (χ0) is 10.8. The van der Waals surface area contributed by atoms with Crippen molar-refractivity contribution in [3.05, 3.63) is 51.0 Å². The zero-order valence-electron chi connectivity index (χ0n) is 8.22. The molecule has 0 radical (unpaired) electrons. The summed E-state index contributed by atoms with van der Waals surface area (Å²) in [6.45, 7) is 1.94. The van der Waals surface area contributed by atoms with Crippen molar-refractivity contribution in [1.82, 2.24) is 9.97 Å². The third-order valence-electron chi connectivity index (χ3n) is 2.14. The quantitative estimate of drug-likeness (QED) is 0.895. The van der Waals surface area contributed by atoms with Crippen LogP contribution in [0.2, 0.25) is 5.02 Å². The minimum absolute atomic E-state index is 0.763. The van der Waals surface area contributed by atoms with Crippen molar-refractivity contribution in [2.45, 2.75) is 13.3 Å². The summed E-state index contributed by atoms with van der Waals surface area (Å²) >= 11 is 9.24. The van der Waals surface area contributed by atoms with E-state index in [0.717, 1.165) is 27.6 Å². The largest absolute Gasteiger partial charge is 0.345 e. The van der Waals surface area contributed by atoms with Gasteiger partial charge >= 0.3 is 0 Å². The fourth-order valence-corrected chi connectivity index (χ4v) is 2.07. The molecular formula is C11H10BrClN2. The minimum Gasteiger partial charge on any atom is -0.345 e. The zero-order valence-corrected chi connectivity index (χ0v) is 10.6. The summed E-state index contributed by atoms with van der Waals surface area (Å²) < 4.78 is 0.884. The minimum atomic E-state index is 0.763. The van der Waals surface area contributed by atoms with Gasteiger partial charge in [0.2, 0.25) is 0 Å². The fourth-order valence-electron chi connectivity index (χ4n) is 1.44. The van der Waals surface area contributed by atoms with E-state index in [1.54, 1.807) is 0 Å². The Bertz CT molecular complexity index is 462. The second-order valence-electron chi connectivity index (χ2n) is 3.39. The van der Waals surface area contributed by atoms with Gasteiger partial charge in [-0.2, -0.15) is 0 Å². The van der Waals surface area contributed by atoms with E-state index in [4.69, 9.17) is 11.6 Å². The SMILES string of the molecule is Cc1nc(Br)c(Cc2ccc(Cl)cc2)[nH]1. The van der Waals surface area contributed by atoms with E-state index in [0.29, 0.717) is 0 Å². The molecule has 0 aliphatic carbocycles. The molecule has 2 rings (SSSR count). The lowest BCUT2D eigenvalue weighted by Crippen LogP contribution is -1.89. The lowest BCUT2D eigenvalue weighted by Gasteiger charge is -1.99. The molecule has 0 unspecified atom stereocenters. The summed E-state index contributed by atoms with van der Waals surface area (Å²) in [5.74, 6) is 0.922. The number of aryl methyl sites for hydroxylation is 1. The maximum atomic E-state index is 5.82. The highest BCUT2D eigenvalue weighted by atomic mass is 79.9. The summed E-state index contributed by atoms with van der Waals surface area (Å²) in [7, 11) is 0. The van der Waals surface area contributed by atoms with E-state index in [1.807, 2.05) is 31.2 Å². The van der Waals surface area contributed by atoms with E-state index < -0.39 is 0 Å². The first-order valence-corrected chi connectivity index (χ1v) is 5.77. The highest BCUT2D eigenvalue weighted by Gasteiger charge is 2.05. The predicted octanol–water partition coefficient (Wildman–Crippen LogP) is 3.72. The van der Waals surface area contributed by atoms with Crippen LogP contribution in [0.4, 0.5) is 0 Å². The van der Waals surface area contributed by atoms with Gasteiger partial charge in [0.05, 0.1) is 5.69 Å². The van der Waals surface area contributed by atoms with E-state index in [2.05, 4.69) is 25.9 Å². The number of imidazole rings is 1. The van der Waals surface area contributed by atoms with Crippen LogP contribution in [-0.2, 0) is 6.42 Å². The molecule has 2 aromatic rings. The van der Waals surface area contributed by atoms with Crippen molar-refractivity contribution < 1.29 is 0 Å². The highest BCUT2D eigenvalue weighted by molar-refractivity contribution is 9.10. The van der Waals surface area contributed by atoms with Gasteiger partial charge in [0.1, 0.15) is 10.4 Å². The Kier molecular flexibility index (Phi) is 3.12. The molecule has 1 heterocycles. The molecule has 0 saturated heterocycles. The molecule has 0 bridgehead atoms.